The Labute approximate surface area is 92.2 Å². The highest BCUT2D eigenvalue weighted by Gasteiger charge is 2.39. The van der Waals surface area contributed by atoms with Crippen LogP contribution in [-0.2, 0) is 4.74 Å². The smallest absolute Gasteiger partial charge is 0.0707 e. The molecule has 0 spiro atoms. The second kappa shape index (κ2) is 4.04. The van der Waals surface area contributed by atoms with Gasteiger partial charge in [0.2, 0.25) is 0 Å². The molecule has 2 saturated heterocycles. The molecule has 0 radical (unpaired) electrons. The van der Waals surface area contributed by atoms with E-state index in [0.717, 1.165) is 12.1 Å². The van der Waals surface area contributed by atoms with E-state index in [0.29, 0.717) is 12.2 Å². The van der Waals surface area contributed by atoms with Crippen LogP contribution in [-0.4, -0.2) is 49.3 Å². The van der Waals surface area contributed by atoms with Gasteiger partial charge in [0, 0.05) is 25.2 Å². The quantitative estimate of drug-likeness (QED) is 0.735. The Bertz CT molecular complexity index is 222. The third-order valence-electron chi connectivity index (χ3n) is 4.39. The average molecular weight is 210 g/mol. The topological polar surface area (TPSA) is 24.5 Å². The largest absolute Gasteiger partial charge is 0.372 e. The Balaban J connectivity index is 1.66. The third-order valence-corrected chi connectivity index (χ3v) is 4.39. The average Bonchev–Trinajstić information content (AvgIpc) is 2.85. The lowest BCUT2D eigenvalue weighted by Crippen LogP contribution is -2.53. The van der Waals surface area contributed by atoms with Gasteiger partial charge in [0.1, 0.15) is 0 Å². The predicted octanol–water partition coefficient (Wildman–Crippen LogP) is 0.990. The zero-order chi connectivity index (χ0) is 10.3. The Morgan fingerprint density at radius 1 is 1.07 bits per heavy atom. The van der Waals surface area contributed by atoms with E-state index in [2.05, 4.69) is 17.3 Å². The molecule has 0 aromatic heterocycles. The van der Waals surface area contributed by atoms with Crippen LogP contribution in [0.15, 0.2) is 0 Å². The van der Waals surface area contributed by atoms with Crippen LogP contribution in [0.4, 0.5) is 0 Å². The van der Waals surface area contributed by atoms with E-state index < -0.39 is 0 Å². The Hall–Kier alpha value is -0.120. The number of nitrogens with one attached hydrogen (secondary N) is 1. The maximum absolute atomic E-state index is 5.89. The third kappa shape index (κ3) is 1.81. The summed E-state index contributed by atoms with van der Waals surface area (Å²) in [6.45, 7) is 2.36. The fraction of sp³-hybridized carbons (Fsp3) is 1.00. The molecule has 2 bridgehead atoms. The van der Waals surface area contributed by atoms with Gasteiger partial charge in [-0.05, 0) is 32.7 Å². The molecule has 86 valence electrons. The second-order valence-electron chi connectivity index (χ2n) is 5.30. The van der Waals surface area contributed by atoms with Gasteiger partial charge in [0.05, 0.1) is 12.2 Å². The van der Waals surface area contributed by atoms with Crippen LogP contribution in [0.1, 0.15) is 32.1 Å². The van der Waals surface area contributed by atoms with Gasteiger partial charge in [-0.2, -0.15) is 0 Å². The summed E-state index contributed by atoms with van der Waals surface area (Å²) in [7, 11) is 2.11. The van der Waals surface area contributed by atoms with Gasteiger partial charge in [-0.15, -0.1) is 0 Å². The molecular weight excluding hydrogens is 188 g/mol. The van der Waals surface area contributed by atoms with Gasteiger partial charge < -0.3 is 10.1 Å². The van der Waals surface area contributed by atoms with Crippen molar-refractivity contribution in [1.29, 1.82) is 0 Å². The number of hydrogen-bond donors (Lipinski definition) is 1. The Morgan fingerprint density at radius 3 is 2.47 bits per heavy atom. The lowest BCUT2D eigenvalue weighted by molar-refractivity contribution is -0.0546. The number of fused-ring (bicyclic) bond motifs is 2. The van der Waals surface area contributed by atoms with Gasteiger partial charge in [-0.25, -0.2) is 0 Å². The van der Waals surface area contributed by atoms with Crippen molar-refractivity contribution in [3.63, 3.8) is 0 Å². The molecule has 3 aliphatic rings. The van der Waals surface area contributed by atoms with E-state index in [-0.39, 0.29) is 0 Å². The van der Waals surface area contributed by atoms with Gasteiger partial charge >= 0.3 is 0 Å². The summed E-state index contributed by atoms with van der Waals surface area (Å²) in [6.07, 6.45) is 7.79. The van der Waals surface area contributed by atoms with Crippen LogP contribution in [0.25, 0.3) is 0 Å². The van der Waals surface area contributed by atoms with Crippen molar-refractivity contribution in [2.75, 3.05) is 20.1 Å². The van der Waals surface area contributed by atoms with Crippen molar-refractivity contribution in [1.82, 2.24) is 10.2 Å². The molecule has 4 atom stereocenters. The standard InChI is InChI=1S/C12H22N2O/c1-13-11-3-2-4-12(11)14-7-9-5-6-10(8-14)15-9/h9-13H,2-8H2,1H3. The molecule has 4 unspecified atom stereocenters. The van der Waals surface area contributed by atoms with Gasteiger partial charge in [0.15, 0.2) is 0 Å². The molecule has 3 nitrogen and oxygen atoms in total. The SMILES string of the molecule is CNC1CCCC1N1CC2CCC(C1)O2. The van der Waals surface area contributed by atoms with E-state index in [1.807, 2.05) is 0 Å². The van der Waals surface area contributed by atoms with Gasteiger partial charge in [0.25, 0.3) is 0 Å². The number of ether oxygens (including phenoxy) is 1. The number of likely N-dealkylation sites (tertiary alicyclic amines) is 1. The minimum absolute atomic E-state index is 0.543. The summed E-state index contributed by atoms with van der Waals surface area (Å²) in [5.41, 5.74) is 0. The molecule has 0 aromatic carbocycles. The minimum Gasteiger partial charge on any atom is -0.372 e. The zero-order valence-corrected chi connectivity index (χ0v) is 9.61. The molecule has 0 aromatic rings. The van der Waals surface area contributed by atoms with E-state index >= 15 is 0 Å². The van der Waals surface area contributed by atoms with E-state index in [4.69, 9.17) is 4.74 Å². The summed E-state index contributed by atoms with van der Waals surface area (Å²) in [6, 6.07) is 1.50. The monoisotopic (exact) mass is 210 g/mol. The highest BCUT2D eigenvalue weighted by molar-refractivity contribution is 4.95. The molecule has 2 aliphatic heterocycles. The molecule has 0 amide bonds. The van der Waals surface area contributed by atoms with E-state index in [1.54, 1.807) is 0 Å². The molecular formula is C12H22N2O. The van der Waals surface area contributed by atoms with Crippen molar-refractivity contribution in [2.24, 2.45) is 0 Å². The molecule has 1 aliphatic carbocycles. The summed E-state index contributed by atoms with van der Waals surface area (Å²) < 4.78 is 5.89. The maximum Gasteiger partial charge on any atom is 0.0707 e. The Kier molecular flexibility index (Phi) is 2.71. The van der Waals surface area contributed by atoms with Crippen molar-refractivity contribution < 1.29 is 4.74 Å². The van der Waals surface area contributed by atoms with Crippen molar-refractivity contribution >= 4 is 0 Å². The molecule has 2 heterocycles. The number of likely N-dealkylation sites (N-methyl/N-ethyl adjacent to an activating group) is 1. The summed E-state index contributed by atoms with van der Waals surface area (Å²) in [4.78, 5) is 2.69. The van der Waals surface area contributed by atoms with Gasteiger partial charge in [-0.1, -0.05) is 6.42 Å². The summed E-state index contributed by atoms with van der Waals surface area (Å²) in [5.74, 6) is 0. The van der Waals surface area contributed by atoms with Crippen molar-refractivity contribution in [3.05, 3.63) is 0 Å². The molecule has 15 heavy (non-hydrogen) atoms. The van der Waals surface area contributed by atoms with Crippen LogP contribution in [0, 0.1) is 0 Å². The lowest BCUT2D eigenvalue weighted by Gasteiger charge is -2.38. The lowest BCUT2D eigenvalue weighted by atomic mass is 10.1. The number of morpholine rings is 1. The molecule has 3 heteroatoms. The molecule has 3 fully saturated rings. The van der Waals surface area contributed by atoms with Gasteiger partial charge in [-0.3, -0.25) is 4.90 Å². The maximum atomic E-state index is 5.89. The van der Waals surface area contributed by atoms with Crippen LogP contribution in [0.2, 0.25) is 0 Å². The fourth-order valence-electron chi connectivity index (χ4n) is 3.63. The highest BCUT2D eigenvalue weighted by atomic mass is 16.5. The fourth-order valence-corrected chi connectivity index (χ4v) is 3.63. The van der Waals surface area contributed by atoms with Crippen molar-refractivity contribution in [3.8, 4) is 0 Å². The zero-order valence-electron chi connectivity index (χ0n) is 9.61. The van der Waals surface area contributed by atoms with Crippen LogP contribution >= 0.6 is 0 Å². The first kappa shape index (κ1) is 10.1. The predicted molar refractivity (Wildman–Crippen MR) is 60.0 cm³/mol. The van der Waals surface area contributed by atoms with E-state index in [1.165, 1.54) is 45.2 Å². The number of hydrogen-bond acceptors (Lipinski definition) is 3. The second-order valence-corrected chi connectivity index (χ2v) is 5.30. The molecule has 3 rings (SSSR count). The minimum atomic E-state index is 0.543. The first-order chi connectivity index (χ1) is 7.36. The Morgan fingerprint density at radius 2 is 1.80 bits per heavy atom. The summed E-state index contributed by atoms with van der Waals surface area (Å²) in [5, 5.41) is 3.48. The molecule has 1 N–H and O–H groups in total. The number of rotatable bonds is 2. The van der Waals surface area contributed by atoms with Crippen LogP contribution in [0.5, 0.6) is 0 Å². The molecule has 1 saturated carbocycles. The normalized spacial score (nSPS) is 46.2. The highest BCUT2D eigenvalue weighted by Crippen LogP contribution is 2.32. The van der Waals surface area contributed by atoms with E-state index in [9.17, 15) is 0 Å². The number of nitrogens with zero attached hydrogens (tertiary/aromatic N) is 1. The summed E-state index contributed by atoms with van der Waals surface area (Å²) >= 11 is 0. The van der Waals surface area contributed by atoms with Crippen LogP contribution < -0.4 is 5.32 Å². The van der Waals surface area contributed by atoms with Crippen molar-refractivity contribution in [2.45, 2.75) is 56.4 Å². The first-order valence-corrected chi connectivity index (χ1v) is 6.43. The first-order valence-electron chi connectivity index (χ1n) is 6.43. The van der Waals surface area contributed by atoms with Crippen LogP contribution in [0.3, 0.4) is 0 Å².